The Labute approximate surface area is 108 Å². The van der Waals surface area contributed by atoms with E-state index in [1.165, 1.54) is 25.7 Å². The van der Waals surface area contributed by atoms with Crippen molar-refractivity contribution in [2.75, 3.05) is 20.6 Å². The minimum absolute atomic E-state index is 0.154. The molecule has 0 aromatic carbocycles. The first-order valence-corrected chi connectivity index (χ1v) is 6.90. The quantitative estimate of drug-likeness (QED) is 0.877. The van der Waals surface area contributed by atoms with E-state index in [1.807, 2.05) is 19.0 Å². The molecule has 5 nitrogen and oxygen atoms in total. The molecule has 5 heteroatoms. The molecule has 2 aliphatic carbocycles. The molecule has 18 heavy (non-hydrogen) atoms. The lowest BCUT2D eigenvalue weighted by molar-refractivity contribution is 0.344. The largest absolute Gasteiger partial charge is 0.339 e. The van der Waals surface area contributed by atoms with Crippen LogP contribution in [-0.4, -0.2) is 35.7 Å². The first-order valence-electron chi connectivity index (χ1n) is 6.90. The second kappa shape index (κ2) is 4.63. The van der Waals surface area contributed by atoms with Crippen LogP contribution in [0.5, 0.6) is 0 Å². The van der Waals surface area contributed by atoms with Crippen molar-refractivity contribution in [3.63, 3.8) is 0 Å². The van der Waals surface area contributed by atoms with Crippen LogP contribution in [0.15, 0.2) is 4.52 Å². The maximum absolute atomic E-state index is 6.05. The summed E-state index contributed by atoms with van der Waals surface area (Å²) in [5, 5.41) is 4.05. The molecule has 1 aromatic heterocycles. The molecule has 100 valence electrons. The number of likely N-dealkylation sites (N-methyl/N-ethyl adjacent to an activating group) is 1. The zero-order valence-electron chi connectivity index (χ0n) is 11.2. The van der Waals surface area contributed by atoms with E-state index in [1.54, 1.807) is 0 Å². The highest BCUT2D eigenvalue weighted by molar-refractivity contribution is 5.15. The van der Waals surface area contributed by atoms with Gasteiger partial charge in [-0.3, -0.25) is 0 Å². The van der Waals surface area contributed by atoms with Crippen LogP contribution in [0.2, 0.25) is 0 Å². The summed E-state index contributed by atoms with van der Waals surface area (Å²) in [4.78, 5) is 6.56. The zero-order valence-corrected chi connectivity index (χ0v) is 11.2. The van der Waals surface area contributed by atoms with Crippen molar-refractivity contribution in [2.45, 2.75) is 37.6 Å². The van der Waals surface area contributed by atoms with Crippen LogP contribution in [-0.2, 0) is 0 Å². The van der Waals surface area contributed by atoms with E-state index in [0.29, 0.717) is 11.7 Å². The highest BCUT2D eigenvalue weighted by atomic mass is 16.5. The lowest BCUT2D eigenvalue weighted by atomic mass is 10.0. The Morgan fingerprint density at radius 3 is 2.61 bits per heavy atom. The van der Waals surface area contributed by atoms with E-state index in [0.717, 1.165) is 24.3 Å². The Kier molecular flexibility index (Phi) is 3.11. The van der Waals surface area contributed by atoms with E-state index in [9.17, 15) is 0 Å². The molecule has 1 aromatic rings. The maximum Gasteiger partial charge on any atom is 0.230 e. The lowest BCUT2D eigenvalue weighted by Crippen LogP contribution is -2.26. The highest BCUT2D eigenvalue weighted by Gasteiger charge is 2.54. The minimum atomic E-state index is -0.154. The van der Waals surface area contributed by atoms with Crippen LogP contribution in [0.1, 0.15) is 49.4 Å². The molecule has 2 saturated carbocycles. The van der Waals surface area contributed by atoms with E-state index in [2.05, 4.69) is 10.1 Å². The van der Waals surface area contributed by atoms with E-state index in [4.69, 9.17) is 10.3 Å². The molecule has 0 bridgehead atoms. The highest BCUT2D eigenvalue weighted by Crippen LogP contribution is 2.60. The summed E-state index contributed by atoms with van der Waals surface area (Å²) in [6.45, 7) is 0.747. The molecule has 3 unspecified atom stereocenters. The van der Waals surface area contributed by atoms with E-state index in [-0.39, 0.29) is 6.04 Å². The number of fused-ring (bicyclic) bond motifs is 1. The lowest BCUT2D eigenvalue weighted by Gasteiger charge is -2.12. The van der Waals surface area contributed by atoms with Gasteiger partial charge in [-0.05, 0) is 38.8 Å². The third kappa shape index (κ3) is 2.17. The summed E-state index contributed by atoms with van der Waals surface area (Å²) < 4.78 is 5.42. The molecule has 0 radical (unpaired) electrons. The molecule has 2 fully saturated rings. The summed E-state index contributed by atoms with van der Waals surface area (Å²) in [5.74, 6) is 3.62. The molecule has 0 aliphatic heterocycles. The van der Waals surface area contributed by atoms with Crippen LogP contribution >= 0.6 is 0 Å². The van der Waals surface area contributed by atoms with Crippen molar-refractivity contribution in [3.05, 3.63) is 11.7 Å². The van der Waals surface area contributed by atoms with Gasteiger partial charge in [0.25, 0.3) is 0 Å². The Hall–Kier alpha value is -0.940. The Morgan fingerprint density at radius 2 is 2.00 bits per heavy atom. The SMILES string of the molecule is CN(C)CC(N)c1noc(C2C3CCCCC32)n1. The molecule has 1 heterocycles. The van der Waals surface area contributed by atoms with Crippen molar-refractivity contribution in [3.8, 4) is 0 Å². The average molecular weight is 250 g/mol. The van der Waals surface area contributed by atoms with Gasteiger partial charge < -0.3 is 15.2 Å². The van der Waals surface area contributed by atoms with Crippen LogP contribution < -0.4 is 5.73 Å². The minimum Gasteiger partial charge on any atom is -0.339 e. The topological polar surface area (TPSA) is 68.2 Å². The number of nitrogens with two attached hydrogens (primary N) is 1. The first-order chi connectivity index (χ1) is 8.66. The predicted octanol–water partition coefficient (Wildman–Crippen LogP) is 1.53. The van der Waals surface area contributed by atoms with Crippen molar-refractivity contribution in [1.82, 2.24) is 15.0 Å². The molecular formula is C13H22N4O. The molecule has 0 saturated heterocycles. The van der Waals surface area contributed by atoms with E-state index < -0.39 is 0 Å². The normalized spacial score (nSPS) is 32.3. The summed E-state index contributed by atoms with van der Waals surface area (Å²) in [6, 6.07) is -0.154. The number of rotatable bonds is 4. The molecule has 3 atom stereocenters. The van der Waals surface area contributed by atoms with Crippen LogP contribution in [0.4, 0.5) is 0 Å². The Bertz CT molecular complexity index is 405. The third-order valence-electron chi connectivity index (χ3n) is 4.29. The fraction of sp³-hybridized carbons (Fsp3) is 0.846. The molecule has 2 N–H and O–H groups in total. The Morgan fingerprint density at radius 1 is 1.33 bits per heavy atom. The van der Waals surface area contributed by atoms with Crippen molar-refractivity contribution in [2.24, 2.45) is 17.6 Å². The van der Waals surface area contributed by atoms with Gasteiger partial charge in [0, 0.05) is 12.5 Å². The van der Waals surface area contributed by atoms with Crippen LogP contribution in [0, 0.1) is 11.8 Å². The molecule has 0 spiro atoms. The van der Waals surface area contributed by atoms with Crippen LogP contribution in [0.3, 0.4) is 0 Å². The van der Waals surface area contributed by atoms with Gasteiger partial charge in [0.05, 0.1) is 6.04 Å². The number of nitrogens with zero attached hydrogens (tertiary/aromatic N) is 3. The fourth-order valence-corrected chi connectivity index (χ4v) is 3.37. The zero-order chi connectivity index (χ0) is 12.7. The fourth-order valence-electron chi connectivity index (χ4n) is 3.37. The van der Waals surface area contributed by atoms with Gasteiger partial charge in [-0.1, -0.05) is 18.0 Å². The van der Waals surface area contributed by atoms with Crippen LogP contribution in [0.25, 0.3) is 0 Å². The molecule has 0 amide bonds. The predicted molar refractivity (Wildman–Crippen MR) is 68.0 cm³/mol. The summed E-state index contributed by atoms with van der Waals surface area (Å²) in [7, 11) is 3.99. The van der Waals surface area contributed by atoms with E-state index >= 15 is 0 Å². The van der Waals surface area contributed by atoms with Crippen molar-refractivity contribution < 1.29 is 4.52 Å². The second-order valence-electron chi connectivity index (χ2n) is 6.00. The standard InChI is InChI=1S/C13H22N4O/c1-17(2)7-10(14)12-15-13(18-16-12)11-8-5-3-4-6-9(8)11/h8-11H,3-7,14H2,1-2H3. The Balaban J connectivity index is 1.67. The number of hydrogen-bond donors (Lipinski definition) is 1. The van der Waals surface area contributed by atoms with Gasteiger partial charge in [0.15, 0.2) is 5.82 Å². The number of hydrogen-bond acceptors (Lipinski definition) is 5. The second-order valence-corrected chi connectivity index (χ2v) is 6.00. The number of aromatic nitrogens is 2. The summed E-state index contributed by atoms with van der Waals surface area (Å²) in [6.07, 6.45) is 5.38. The van der Waals surface area contributed by atoms with Crippen molar-refractivity contribution in [1.29, 1.82) is 0 Å². The summed E-state index contributed by atoms with van der Waals surface area (Å²) >= 11 is 0. The van der Waals surface area contributed by atoms with Gasteiger partial charge >= 0.3 is 0 Å². The summed E-state index contributed by atoms with van der Waals surface area (Å²) in [5.41, 5.74) is 6.05. The maximum atomic E-state index is 6.05. The molecule has 2 aliphatic rings. The average Bonchev–Trinajstić information content (AvgIpc) is 2.85. The molecular weight excluding hydrogens is 228 g/mol. The van der Waals surface area contributed by atoms with Gasteiger partial charge in [-0.2, -0.15) is 4.98 Å². The van der Waals surface area contributed by atoms with Gasteiger partial charge in [0.1, 0.15) is 0 Å². The first kappa shape index (κ1) is 12.1. The van der Waals surface area contributed by atoms with Gasteiger partial charge in [-0.25, -0.2) is 0 Å². The van der Waals surface area contributed by atoms with Crippen molar-refractivity contribution >= 4 is 0 Å². The molecule has 3 rings (SSSR count). The smallest absolute Gasteiger partial charge is 0.230 e. The van der Waals surface area contributed by atoms with Gasteiger partial charge in [-0.15, -0.1) is 0 Å². The van der Waals surface area contributed by atoms with Gasteiger partial charge in [0.2, 0.25) is 5.89 Å². The monoisotopic (exact) mass is 250 g/mol. The third-order valence-corrected chi connectivity index (χ3v) is 4.29.